The van der Waals surface area contributed by atoms with Crippen LogP contribution in [0.4, 0.5) is 0 Å². The third kappa shape index (κ3) is 3.07. The van der Waals surface area contributed by atoms with E-state index in [1.54, 1.807) is 0 Å². The van der Waals surface area contributed by atoms with Gasteiger partial charge in [0.2, 0.25) is 0 Å². The molecule has 0 unspecified atom stereocenters. The van der Waals surface area contributed by atoms with Gasteiger partial charge in [0.1, 0.15) is 0 Å². The van der Waals surface area contributed by atoms with Crippen molar-refractivity contribution in [2.24, 2.45) is 0 Å². The van der Waals surface area contributed by atoms with E-state index in [0.717, 1.165) is 4.47 Å². The summed E-state index contributed by atoms with van der Waals surface area (Å²) in [6.45, 7) is 2.11. The molecule has 0 aliphatic rings. The van der Waals surface area contributed by atoms with Crippen LogP contribution in [0.1, 0.15) is 16.7 Å². The smallest absolute Gasteiger partial charge is 0.0175 e. The van der Waals surface area contributed by atoms with Crippen LogP contribution in [-0.2, 0) is 0 Å². The highest BCUT2D eigenvalue weighted by Gasteiger charge is 1.89. The topological polar surface area (TPSA) is 0 Å². The molecule has 2 aromatic carbocycles. The van der Waals surface area contributed by atoms with Gasteiger partial charge in [-0.2, -0.15) is 0 Å². The summed E-state index contributed by atoms with van der Waals surface area (Å²) >= 11 is 3.43. The van der Waals surface area contributed by atoms with Crippen molar-refractivity contribution in [2.75, 3.05) is 0 Å². The minimum atomic E-state index is 1.11. The summed E-state index contributed by atoms with van der Waals surface area (Å²) in [7, 11) is 0. The zero-order valence-electron chi connectivity index (χ0n) is 9.15. The Balaban J connectivity index is 2.18. The van der Waals surface area contributed by atoms with Crippen molar-refractivity contribution in [3.8, 4) is 0 Å². The first kappa shape index (κ1) is 11.2. The molecule has 0 atom stereocenters. The standard InChI is InChI=1S/C15H13Br/c1-12-3-2-4-14(11-12)6-5-13-7-9-15(16)10-8-13/h2-11H,1H3/b6-5+. The first-order valence-electron chi connectivity index (χ1n) is 5.24. The lowest BCUT2D eigenvalue weighted by molar-refractivity contribution is 1.46. The van der Waals surface area contributed by atoms with Crippen LogP contribution >= 0.6 is 15.9 Å². The quantitative estimate of drug-likeness (QED) is 0.681. The maximum atomic E-state index is 3.43. The van der Waals surface area contributed by atoms with Gasteiger partial charge < -0.3 is 0 Å². The van der Waals surface area contributed by atoms with E-state index < -0.39 is 0 Å². The molecule has 0 aliphatic heterocycles. The molecule has 0 saturated carbocycles. The van der Waals surface area contributed by atoms with Crippen LogP contribution in [0.25, 0.3) is 12.2 Å². The van der Waals surface area contributed by atoms with Crippen LogP contribution < -0.4 is 0 Å². The monoisotopic (exact) mass is 272 g/mol. The third-order valence-corrected chi connectivity index (χ3v) is 2.91. The predicted octanol–water partition coefficient (Wildman–Crippen LogP) is 4.93. The second kappa shape index (κ2) is 5.13. The van der Waals surface area contributed by atoms with Crippen LogP contribution in [0.5, 0.6) is 0 Å². The zero-order valence-corrected chi connectivity index (χ0v) is 10.7. The average molecular weight is 273 g/mol. The number of halogens is 1. The minimum absolute atomic E-state index is 1.11. The molecule has 0 aliphatic carbocycles. The Morgan fingerprint density at radius 2 is 1.56 bits per heavy atom. The molecule has 0 nitrogen and oxygen atoms in total. The second-order valence-corrected chi connectivity index (χ2v) is 4.71. The number of hydrogen-bond donors (Lipinski definition) is 0. The molecule has 0 aromatic heterocycles. The number of benzene rings is 2. The van der Waals surface area contributed by atoms with Crippen LogP contribution in [0.15, 0.2) is 53.0 Å². The summed E-state index contributed by atoms with van der Waals surface area (Å²) < 4.78 is 1.11. The molecule has 1 heteroatoms. The number of aryl methyl sites for hydroxylation is 1. The molecular formula is C15H13Br. The van der Waals surface area contributed by atoms with E-state index in [1.807, 2.05) is 0 Å². The van der Waals surface area contributed by atoms with Gasteiger partial charge >= 0.3 is 0 Å². The molecule has 0 bridgehead atoms. The molecule has 0 radical (unpaired) electrons. The van der Waals surface area contributed by atoms with Gasteiger partial charge in [-0.3, -0.25) is 0 Å². The molecule has 0 fully saturated rings. The van der Waals surface area contributed by atoms with E-state index in [1.165, 1.54) is 16.7 Å². The zero-order chi connectivity index (χ0) is 11.4. The molecule has 0 heterocycles. The highest BCUT2D eigenvalue weighted by Crippen LogP contribution is 2.13. The summed E-state index contributed by atoms with van der Waals surface area (Å²) in [5.74, 6) is 0. The Labute approximate surface area is 105 Å². The lowest BCUT2D eigenvalue weighted by atomic mass is 10.1. The molecule has 0 N–H and O–H groups in total. The maximum absolute atomic E-state index is 3.43. The molecule has 80 valence electrons. The van der Waals surface area contributed by atoms with Gasteiger partial charge in [0.05, 0.1) is 0 Å². The van der Waals surface area contributed by atoms with Crippen LogP contribution in [0.3, 0.4) is 0 Å². The summed E-state index contributed by atoms with van der Waals surface area (Å²) in [6.07, 6.45) is 4.26. The van der Waals surface area contributed by atoms with Crippen LogP contribution in [0.2, 0.25) is 0 Å². The van der Waals surface area contributed by atoms with Gasteiger partial charge in [0.25, 0.3) is 0 Å². The van der Waals surface area contributed by atoms with E-state index in [2.05, 4.69) is 83.5 Å². The average Bonchev–Trinajstić information content (AvgIpc) is 2.28. The van der Waals surface area contributed by atoms with Gasteiger partial charge in [-0.15, -0.1) is 0 Å². The van der Waals surface area contributed by atoms with E-state index >= 15 is 0 Å². The summed E-state index contributed by atoms with van der Waals surface area (Å²) in [5.41, 5.74) is 3.74. The number of rotatable bonds is 2. The summed E-state index contributed by atoms with van der Waals surface area (Å²) in [4.78, 5) is 0. The Bertz CT molecular complexity index is 495. The van der Waals surface area contributed by atoms with Crippen molar-refractivity contribution < 1.29 is 0 Å². The first-order valence-corrected chi connectivity index (χ1v) is 6.04. The fourth-order valence-electron chi connectivity index (χ4n) is 1.54. The first-order chi connectivity index (χ1) is 7.74. The van der Waals surface area contributed by atoms with Crippen molar-refractivity contribution in [3.05, 3.63) is 69.7 Å². The predicted molar refractivity (Wildman–Crippen MR) is 74.2 cm³/mol. The van der Waals surface area contributed by atoms with E-state index in [-0.39, 0.29) is 0 Å². The van der Waals surface area contributed by atoms with Crippen molar-refractivity contribution in [2.45, 2.75) is 6.92 Å². The lowest BCUT2D eigenvalue weighted by Gasteiger charge is -1.96. The Kier molecular flexibility index (Phi) is 3.58. The summed E-state index contributed by atoms with van der Waals surface area (Å²) in [5, 5.41) is 0. The molecule has 0 amide bonds. The van der Waals surface area contributed by atoms with Crippen molar-refractivity contribution >= 4 is 28.1 Å². The Hall–Kier alpha value is -1.34. The van der Waals surface area contributed by atoms with Gasteiger partial charge in [-0.25, -0.2) is 0 Å². The van der Waals surface area contributed by atoms with Crippen LogP contribution in [-0.4, -0.2) is 0 Å². The fraction of sp³-hybridized carbons (Fsp3) is 0.0667. The van der Waals surface area contributed by atoms with Gasteiger partial charge in [0.15, 0.2) is 0 Å². The van der Waals surface area contributed by atoms with Gasteiger partial charge in [-0.05, 0) is 30.2 Å². The van der Waals surface area contributed by atoms with E-state index in [4.69, 9.17) is 0 Å². The molecule has 2 rings (SSSR count). The molecule has 2 aromatic rings. The highest BCUT2D eigenvalue weighted by molar-refractivity contribution is 9.10. The second-order valence-electron chi connectivity index (χ2n) is 3.80. The third-order valence-electron chi connectivity index (χ3n) is 2.38. The SMILES string of the molecule is Cc1cccc(/C=C/c2ccc(Br)cc2)c1. The van der Waals surface area contributed by atoms with Crippen molar-refractivity contribution in [3.63, 3.8) is 0 Å². The number of hydrogen-bond acceptors (Lipinski definition) is 0. The van der Waals surface area contributed by atoms with E-state index in [9.17, 15) is 0 Å². The molecule has 0 spiro atoms. The van der Waals surface area contributed by atoms with E-state index in [0.29, 0.717) is 0 Å². The Morgan fingerprint density at radius 3 is 2.25 bits per heavy atom. The molecular weight excluding hydrogens is 260 g/mol. The van der Waals surface area contributed by atoms with Gasteiger partial charge in [0, 0.05) is 4.47 Å². The van der Waals surface area contributed by atoms with Crippen molar-refractivity contribution in [1.29, 1.82) is 0 Å². The lowest BCUT2D eigenvalue weighted by Crippen LogP contribution is -1.75. The van der Waals surface area contributed by atoms with Gasteiger partial charge in [-0.1, -0.05) is 70.0 Å². The molecule has 0 saturated heterocycles. The fourth-order valence-corrected chi connectivity index (χ4v) is 1.80. The highest BCUT2D eigenvalue weighted by atomic mass is 79.9. The largest absolute Gasteiger partial charge is 0.0614 e. The van der Waals surface area contributed by atoms with Crippen molar-refractivity contribution in [1.82, 2.24) is 0 Å². The maximum Gasteiger partial charge on any atom is 0.0175 e. The minimum Gasteiger partial charge on any atom is -0.0614 e. The van der Waals surface area contributed by atoms with Crippen LogP contribution in [0, 0.1) is 6.92 Å². The summed E-state index contributed by atoms with van der Waals surface area (Å²) in [6, 6.07) is 16.8. The molecule has 16 heavy (non-hydrogen) atoms. The normalized spacial score (nSPS) is 10.9. The Morgan fingerprint density at radius 1 is 0.875 bits per heavy atom.